The molecule has 0 aromatic heterocycles. The number of hydrogen-bond donors (Lipinski definition) is 2. The second-order valence-electron chi connectivity index (χ2n) is 8.28. The first-order chi connectivity index (χ1) is 13.5. The number of likely N-dealkylation sites (tertiary alicyclic amines) is 1. The van der Waals surface area contributed by atoms with Crippen molar-refractivity contribution in [1.29, 1.82) is 0 Å². The third kappa shape index (κ3) is 7.59. The highest BCUT2D eigenvalue weighted by molar-refractivity contribution is 5.81. The van der Waals surface area contributed by atoms with Crippen LogP contribution in [0.2, 0.25) is 0 Å². The fraction of sp³-hybridized carbons (Fsp3) is 0.905. The Bertz CT molecular complexity index is 491. The number of ether oxygens (including phenoxy) is 1. The van der Waals surface area contributed by atoms with Gasteiger partial charge in [0.15, 0.2) is 5.96 Å². The summed E-state index contributed by atoms with van der Waals surface area (Å²) in [5.74, 6) is 1.46. The molecule has 1 heterocycles. The summed E-state index contributed by atoms with van der Waals surface area (Å²) < 4.78 is 5.85. The van der Waals surface area contributed by atoms with Crippen molar-refractivity contribution >= 4 is 11.9 Å². The van der Waals surface area contributed by atoms with E-state index in [0.717, 1.165) is 57.8 Å². The van der Waals surface area contributed by atoms with Gasteiger partial charge in [-0.2, -0.15) is 0 Å². The molecule has 0 bridgehead atoms. The largest absolute Gasteiger partial charge is 0.377 e. The summed E-state index contributed by atoms with van der Waals surface area (Å²) in [6.45, 7) is 8.92. The maximum absolute atomic E-state index is 12.7. The summed E-state index contributed by atoms with van der Waals surface area (Å²) in [6.07, 6.45) is 6.64. The quantitative estimate of drug-likeness (QED) is 0.435. The van der Waals surface area contributed by atoms with Crippen molar-refractivity contribution in [2.75, 3.05) is 53.4 Å². The number of amides is 1. The Balaban J connectivity index is 1.85. The van der Waals surface area contributed by atoms with Crippen molar-refractivity contribution in [2.24, 2.45) is 10.9 Å². The van der Waals surface area contributed by atoms with Gasteiger partial charge in [-0.1, -0.05) is 12.8 Å². The van der Waals surface area contributed by atoms with Crippen LogP contribution in [0.15, 0.2) is 4.99 Å². The molecule has 2 rings (SSSR count). The molecule has 1 aliphatic carbocycles. The van der Waals surface area contributed by atoms with Crippen LogP contribution in [0, 0.1) is 5.92 Å². The highest BCUT2D eigenvalue weighted by atomic mass is 16.5. The molecule has 2 unspecified atom stereocenters. The van der Waals surface area contributed by atoms with Crippen LogP contribution in [0.4, 0.5) is 0 Å². The number of nitrogens with zero attached hydrogens (tertiary/aromatic N) is 3. The van der Waals surface area contributed by atoms with Crippen molar-refractivity contribution < 1.29 is 9.53 Å². The van der Waals surface area contributed by atoms with E-state index in [-0.39, 0.29) is 18.1 Å². The summed E-state index contributed by atoms with van der Waals surface area (Å²) in [4.78, 5) is 21.6. The van der Waals surface area contributed by atoms with Crippen LogP contribution >= 0.6 is 0 Å². The highest BCUT2D eigenvalue weighted by Gasteiger charge is 2.32. The van der Waals surface area contributed by atoms with E-state index in [9.17, 15) is 4.79 Å². The van der Waals surface area contributed by atoms with Crippen LogP contribution in [0.3, 0.4) is 0 Å². The molecule has 2 fully saturated rings. The predicted molar refractivity (Wildman–Crippen MR) is 115 cm³/mol. The van der Waals surface area contributed by atoms with Crippen molar-refractivity contribution in [3.05, 3.63) is 0 Å². The maximum atomic E-state index is 12.7. The molecule has 0 aromatic carbocycles. The minimum absolute atomic E-state index is 0.131. The average Bonchev–Trinajstić information content (AvgIpc) is 3.35. The molecular weight excluding hydrogens is 354 g/mol. The summed E-state index contributed by atoms with van der Waals surface area (Å²) in [7, 11) is 4.16. The number of carbonyl (C=O) groups excluding carboxylic acids is 1. The Labute approximate surface area is 171 Å². The normalized spacial score (nSPS) is 22.1. The fourth-order valence-corrected chi connectivity index (χ4v) is 4.08. The Morgan fingerprint density at radius 2 is 2.00 bits per heavy atom. The molecule has 1 amide bonds. The monoisotopic (exact) mass is 395 g/mol. The van der Waals surface area contributed by atoms with E-state index in [0.29, 0.717) is 19.1 Å². The number of aliphatic imine (C=N–C) groups is 1. The molecule has 2 N–H and O–H groups in total. The van der Waals surface area contributed by atoms with E-state index >= 15 is 0 Å². The van der Waals surface area contributed by atoms with Gasteiger partial charge < -0.3 is 25.2 Å². The van der Waals surface area contributed by atoms with Crippen molar-refractivity contribution in [3.8, 4) is 0 Å². The molecule has 0 spiro atoms. The summed E-state index contributed by atoms with van der Waals surface area (Å²) >= 11 is 0. The topological polar surface area (TPSA) is 69.2 Å². The molecule has 7 nitrogen and oxygen atoms in total. The third-order valence-electron chi connectivity index (χ3n) is 5.64. The van der Waals surface area contributed by atoms with Gasteiger partial charge in [0.1, 0.15) is 0 Å². The Kier molecular flexibility index (Phi) is 10.1. The standard InChI is InChI=1S/C21H41N5O2/c1-5-22-21(23-15-19(28-6-2)12-13-25(3)4)24-18-11-14-26(16-18)20(27)17-9-7-8-10-17/h17-19H,5-16H2,1-4H3,(H2,22,23,24). The smallest absolute Gasteiger partial charge is 0.225 e. The first-order valence-electron chi connectivity index (χ1n) is 11.1. The van der Waals surface area contributed by atoms with E-state index in [1.165, 1.54) is 12.8 Å². The lowest BCUT2D eigenvalue weighted by molar-refractivity contribution is -0.134. The van der Waals surface area contributed by atoms with Gasteiger partial charge in [-0.25, -0.2) is 0 Å². The van der Waals surface area contributed by atoms with Gasteiger partial charge in [-0.3, -0.25) is 9.79 Å². The van der Waals surface area contributed by atoms with Crippen LogP contribution in [0.5, 0.6) is 0 Å². The van der Waals surface area contributed by atoms with Gasteiger partial charge >= 0.3 is 0 Å². The summed E-state index contributed by atoms with van der Waals surface area (Å²) in [5.41, 5.74) is 0. The van der Waals surface area contributed by atoms with Gasteiger partial charge in [-0.05, 0) is 53.6 Å². The molecule has 0 radical (unpaired) electrons. The van der Waals surface area contributed by atoms with Gasteiger partial charge in [0, 0.05) is 44.7 Å². The second kappa shape index (κ2) is 12.3. The average molecular weight is 396 g/mol. The lowest BCUT2D eigenvalue weighted by Crippen LogP contribution is -2.45. The van der Waals surface area contributed by atoms with Crippen LogP contribution in [-0.4, -0.2) is 87.2 Å². The van der Waals surface area contributed by atoms with E-state index < -0.39 is 0 Å². The molecule has 7 heteroatoms. The Morgan fingerprint density at radius 1 is 1.25 bits per heavy atom. The number of guanidine groups is 1. The third-order valence-corrected chi connectivity index (χ3v) is 5.64. The van der Waals surface area contributed by atoms with E-state index in [1.54, 1.807) is 0 Å². The summed E-state index contributed by atoms with van der Waals surface area (Å²) in [6, 6.07) is 0.274. The van der Waals surface area contributed by atoms with Crippen molar-refractivity contribution in [3.63, 3.8) is 0 Å². The second-order valence-corrected chi connectivity index (χ2v) is 8.28. The van der Waals surface area contributed by atoms with Gasteiger partial charge in [0.05, 0.1) is 12.6 Å². The Morgan fingerprint density at radius 3 is 2.64 bits per heavy atom. The number of carbonyl (C=O) groups is 1. The highest BCUT2D eigenvalue weighted by Crippen LogP contribution is 2.27. The lowest BCUT2D eigenvalue weighted by Gasteiger charge is -2.22. The van der Waals surface area contributed by atoms with Gasteiger partial charge in [0.2, 0.25) is 5.91 Å². The van der Waals surface area contributed by atoms with Crippen LogP contribution in [-0.2, 0) is 9.53 Å². The van der Waals surface area contributed by atoms with E-state index in [4.69, 9.17) is 9.73 Å². The number of nitrogens with one attached hydrogen (secondary N) is 2. The first-order valence-corrected chi connectivity index (χ1v) is 11.1. The maximum Gasteiger partial charge on any atom is 0.225 e. The fourth-order valence-electron chi connectivity index (χ4n) is 4.08. The molecule has 28 heavy (non-hydrogen) atoms. The molecular formula is C21H41N5O2. The molecule has 0 aromatic rings. The Hall–Kier alpha value is -1.34. The van der Waals surface area contributed by atoms with Crippen LogP contribution in [0.1, 0.15) is 52.4 Å². The zero-order valence-electron chi connectivity index (χ0n) is 18.4. The zero-order chi connectivity index (χ0) is 20.4. The minimum atomic E-state index is 0.131. The SMILES string of the molecule is CCNC(=NCC(CCN(C)C)OCC)NC1CCN(C(=O)C2CCCC2)C1. The van der Waals surface area contributed by atoms with E-state index in [2.05, 4.69) is 41.5 Å². The molecule has 2 aliphatic rings. The van der Waals surface area contributed by atoms with E-state index in [1.807, 2.05) is 6.92 Å². The zero-order valence-corrected chi connectivity index (χ0v) is 18.4. The minimum Gasteiger partial charge on any atom is -0.377 e. The van der Waals surface area contributed by atoms with Crippen LogP contribution < -0.4 is 10.6 Å². The predicted octanol–water partition coefficient (Wildman–Crippen LogP) is 1.69. The molecule has 1 aliphatic heterocycles. The van der Waals surface area contributed by atoms with Crippen LogP contribution in [0.25, 0.3) is 0 Å². The first kappa shape index (κ1) is 22.9. The van der Waals surface area contributed by atoms with Gasteiger partial charge in [0.25, 0.3) is 0 Å². The van der Waals surface area contributed by atoms with Crippen molar-refractivity contribution in [2.45, 2.75) is 64.5 Å². The van der Waals surface area contributed by atoms with Gasteiger partial charge in [-0.15, -0.1) is 0 Å². The number of rotatable bonds is 10. The molecule has 2 atom stereocenters. The molecule has 162 valence electrons. The molecule has 1 saturated carbocycles. The molecule has 1 saturated heterocycles. The lowest BCUT2D eigenvalue weighted by atomic mass is 10.1. The summed E-state index contributed by atoms with van der Waals surface area (Å²) in [5, 5.41) is 6.87. The number of hydrogen-bond acceptors (Lipinski definition) is 4. The van der Waals surface area contributed by atoms with Crippen molar-refractivity contribution in [1.82, 2.24) is 20.4 Å².